The van der Waals surface area contributed by atoms with E-state index in [1.165, 1.54) is 372 Å². The minimum atomic E-state index is -1.97. The number of allylic oxidation sites excluding steroid dienone is 6. The topological polar surface area (TPSA) is 307 Å². The van der Waals surface area contributed by atoms with Crippen molar-refractivity contribution in [3.63, 3.8) is 0 Å². The fourth-order valence-corrected chi connectivity index (χ4v) is 17.4. The number of aliphatic hydroxyl groups excluding tert-OH is 11. The Morgan fingerprint density at radius 1 is 0.303 bits per heavy atom. The Labute approximate surface area is 727 Å². The average Bonchev–Trinajstić information content (AvgIpc) is 0.778. The number of hydrogen-bond acceptors (Lipinski definition) is 18. The van der Waals surface area contributed by atoms with Crippen LogP contribution in [0, 0.1) is 0 Å². The molecule has 0 aromatic heterocycles. The highest BCUT2D eigenvalue weighted by atomic mass is 16.8. The van der Waals surface area contributed by atoms with Crippen molar-refractivity contribution in [3.05, 3.63) is 36.5 Å². The van der Waals surface area contributed by atoms with Crippen LogP contribution in [0.15, 0.2) is 36.5 Å². The van der Waals surface area contributed by atoms with Crippen LogP contribution in [0.3, 0.4) is 0 Å². The van der Waals surface area contributed by atoms with Crippen LogP contribution in [0.1, 0.15) is 463 Å². The predicted octanol–water partition coefficient (Wildman–Crippen LogP) is 21.3. The number of amides is 1. The SMILES string of the molecule is CCCCCCC/C=C\C/C=C\C/C=C\CCCCCCCCCCCCCCCCCCCCCCCCCCCCC(=O)NC(COC1OC(CO)C(OC2OC(CO)C(OC3OC(CO)C(O)C(O)C3O)C(O)C2O)C(O)C1O)C(O)CCCCCCCCCCCCCCCCCCCCCCCCCCCCCCCCCCC. The first-order valence-electron chi connectivity index (χ1n) is 50.7. The van der Waals surface area contributed by atoms with E-state index in [4.69, 9.17) is 28.4 Å². The summed E-state index contributed by atoms with van der Waals surface area (Å²) in [6.07, 6.45) is 77.2. The van der Waals surface area contributed by atoms with Gasteiger partial charge in [0.15, 0.2) is 18.9 Å². The van der Waals surface area contributed by atoms with Crippen LogP contribution < -0.4 is 5.32 Å². The second-order valence-electron chi connectivity index (χ2n) is 36.3. The molecule has 1 amide bonds. The molecule has 3 aliphatic rings. The van der Waals surface area contributed by atoms with E-state index in [9.17, 15) is 61.0 Å². The summed E-state index contributed by atoms with van der Waals surface area (Å²) >= 11 is 0. The van der Waals surface area contributed by atoms with Crippen molar-refractivity contribution >= 4 is 5.91 Å². The van der Waals surface area contributed by atoms with Crippen molar-refractivity contribution < 1.29 is 89.4 Å². The van der Waals surface area contributed by atoms with Gasteiger partial charge in [0.1, 0.15) is 73.2 Å². The van der Waals surface area contributed by atoms with Crippen LogP contribution >= 0.6 is 0 Å². The third-order valence-corrected chi connectivity index (χ3v) is 25.5. The molecule has 0 saturated carbocycles. The summed E-state index contributed by atoms with van der Waals surface area (Å²) in [5.74, 6) is -0.232. The lowest BCUT2D eigenvalue weighted by atomic mass is 9.96. The molecule has 3 saturated heterocycles. The van der Waals surface area contributed by atoms with E-state index < -0.39 is 124 Å². The summed E-state index contributed by atoms with van der Waals surface area (Å²) in [6, 6.07) is -0.888. The van der Waals surface area contributed by atoms with Crippen LogP contribution in [0.25, 0.3) is 0 Å². The summed E-state index contributed by atoms with van der Waals surface area (Å²) in [4.78, 5) is 13.6. The lowest BCUT2D eigenvalue weighted by Gasteiger charge is -2.48. The number of hydrogen-bond donors (Lipinski definition) is 12. The molecule has 3 rings (SSSR count). The van der Waals surface area contributed by atoms with E-state index in [0.29, 0.717) is 12.8 Å². The third-order valence-electron chi connectivity index (χ3n) is 25.5. The number of unbranched alkanes of at least 4 members (excludes halogenated alkanes) is 63. The Kier molecular flexibility index (Phi) is 74.2. The monoisotopic (exact) mass is 1690 g/mol. The molecular weight excluding hydrogens is 1500 g/mol. The van der Waals surface area contributed by atoms with Gasteiger partial charge < -0.3 is 89.9 Å². The van der Waals surface area contributed by atoms with E-state index in [2.05, 4.69) is 55.6 Å². The molecule has 0 radical (unpaired) electrons. The van der Waals surface area contributed by atoms with Gasteiger partial charge in [-0.05, 0) is 51.4 Å². The maximum atomic E-state index is 13.6. The summed E-state index contributed by atoms with van der Waals surface area (Å²) in [7, 11) is 0. The van der Waals surface area contributed by atoms with Crippen molar-refractivity contribution in [2.24, 2.45) is 0 Å². The van der Waals surface area contributed by atoms with Gasteiger partial charge in [0.05, 0.1) is 38.6 Å². The zero-order valence-electron chi connectivity index (χ0n) is 76.4. The fourth-order valence-electron chi connectivity index (χ4n) is 17.4. The van der Waals surface area contributed by atoms with Crippen LogP contribution in [0.5, 0.6) is 0 Å². The molecule has 12 N–H and O–H groups in total. The average molecular weight is 1690 g/mol. The molecule has 119 heavy (non-hydrogen) atoms. The van der Waals surface area contributed by atoms with Gasteiger partial charge in [-0.25, -0.2) is 0 Å². The van der Waals surface area contributed by atoms with Crippen LogP contribution in [0.2, 0.25) is 0 Å². The second kappa shape index (κ2) is 79.4. The first-order chi connectivity index (χ1) is 58.3. The van der Waals surface area contributed by atoms with Crippen molar-refractivity contribution in [3.8, 4) is 0 Å². The summed E-state index contributed by atoms with van der Waals surface area (Å²) in [5, 5.41) is 122. The lowest BCUT2D eigenvalue weighted by Crippen LogP contribution is -2.66. The second-order valence-corrected chi connectivity index (χ2v) is 36.3. The first-order valence-corrected chi connectivity index (χ1v) is 50.7. The molecule has 17 atom stereocenters. The number of nitrogens with one attached hydrogen (secondary N) is 1. The summed E-state index contributed by atoms with van der Waals surface area (Å²) < 4.78 is 34.7. The zero-order chi connectivity index (χ0) is 85.9. The molecule has 19 heteroatoms. The Morgan fingerprint density at radius 2 is 0.555 bits per heavy atom. The maximum absolute atomic E-state index is 13.6. The van der Waals surface area contributed by atoms with E-state index in [-0.39, 0.29) is 18.9 Å². The molecule has 3 aliphatic heterocycles. The largest absolute Gasteiger partial charge is 0.394 e. The van der Waals surface area contributed by atoms with Crippen LogP contribution in [-0.2, 0) is 33.2 Å². The van der Waals surface area contributed by atoms with Gasteiger partial charge in [-0.3, -0.25) is 4.79 Å². The van der Waals surface area contributed by atoms with Crippen molar-refractivity contribution in [1.82, 2.24) is 5.32 Å². The highest BCUT2D eigenvalue weighted by Crippen LogP contribution is 2.34. The van der Waals surface area contributed by atoms with Gasteiger partial charge in [-0.1, -0.05) is 442 Å². The standard InChI is InChI=1S/C100H189NO18/c1-3-5-7-9-11-13-15-17-19-21-23-25-27-29-31-33-35-37-38-39-40-41-42-43-44-46-48-50-52-54-56-58-60-62-64-66-68-70-72-74-76-78-88(106)101-83(84(105)77-75-73-71-69-67-65-63-61-59-57-55-53-51-49-47-45-36-34-32-30-28-26-24-22-20-18-16-14-12-10-8-6-4-2)82-114-98-94(112)91(109)96(86(80-103)116-98)119-100-95(113)92(110)97(87(81-104)117-100)118-99-93(111)90(108)89(107)85(79-102)115-99/h15,17,21,23,27,29,83-87,89-100,102-105,107-113H,3-14,16,18-20,22,24-26,28,30-82H2,1-2H3,(H,101,106)/b17-15-,23-21-,29-27-. The van der Waals surface area contributed by atoms with Gasteiger partial charge in [0.2, 0.25) is 5.91 Å². The highest BCUT2D eigenvalue weighted by molar-refractivity contribution is 5.76. The molecule has 0 aliphatic carbocycles. The summed E-state index contributed by atoms with van der Waals surface area (Å²) in [5.41, 5.74) is 0. The molecule has 702 valence electrons. The minimum absolute atomic E-state index is 0.232. The lowest BCUT2D eigenvalue weighted by molar-refractivity contribution is -0.379. The fraction of sp³-hybridized carbons (Fsp3) is 0.930. The normalized spacial score (nSPS) is 24.3. The number of carbonyl (C=O) groups excluding carboxylic acids is 1. The van der Waals surface area contributed by atoms with E-state index in [1.54, 1.807) is 0 Å². The Hall–Kier alpha value is -1.99. The number of carbonyl (C=O) groups is 1. The van der Waals surface area contributed by atoms with Crippen molar-refractivity contribution in [2.75, 3.05) is 26.4 Å². The molecule has 0 bridgehead atoms. The van der Waals surface area contributed by atoms with Gasteiger partial charge in [-0.15, -0.1) is 0 Å². The Bertz CT molecular complexity index is 2280. The molecule has 0 spiro atoms. The Balaban J connectivity index is 1.27. The molecule has 3 fully saturated rings. The van der Waals surface area contributed by atoms with Gasteiger partial charge in [0, 0.05) is 6.42 Å². The van der Waals surface area contributed by atoms with E-state index in [0.717, 1.165) is 57.8 Å². The first kappa shape index (κ1) is 111. The van der Waals surface area contributed by atoms with E-state index >= 15 is 0 Å². The Morgan fingerprint density at radius 3 is 0.866 bits per heavy atom. The number of rotatable bonds is 85. The van der Waals surface area contributed by atoms with Crippen LogP contribution in [-0.4, -0.2) is 193 Å². The van der Waals surface area contributed by atoms with E-state index in [1.807, 2.05) is 0 Å². The minimum Gasteiger partial charge on any atom is -0.394 e. The quantitative estimate of drug-likeness (QED) is 0.0199. The molecule has 0 aromatic rings. The van der Waals surface area contributed by atoms with Gasteiger partial charge in [0.25, 0.3) is 0 Å². The van der Waals surface area contributed by atoms with Crippen molar-refractivity contribution in [2.45, 2.75) is 568 Å². The molecule has 17 unspecified atom stereocenters. The van der Waals surface area contributed by atoms with Crippen LogP contribution in [0.4, 0.5) is 0 Å². The van der Waals surface area contributed by atoms with Crippen molar-refractivity contribution in [1.29, 1.82) is 0 Å². The molecule has 19 nitrogen and oxygen atoms in total. The molecular formula is C100H189NO18. The number of ether oxygens (including phenoxy) is 6. The third kappa shape index (κ3) is 56.7. The smallest absolute Gasteiger partial charge is 0.220 e. The molecule has 0 aromatic carbocycles. The zero-order valence-corrected chi connectivity index (χ0v) is 76.4. The predicted molar refractivity (Wildman–Crippen MR) is 485 cm³/mol. The summed E-state index contributed by atoms with van der Waals surface area (Å²) in [6.45, 7) is 1.87. The highest BCUT2D eigenvalue weighted by Gasteiger charge is 2.54. The number of aliphatic hydroxyl groups is 11. The maximum Gasteiger partial charge on any atom is 0.220 e. The van der Waals surface area contributed by atoms with Gasteiger partial charge in [-0.2, -0.15) is 0 Å². The van der Waals surface area contributed by atoms with Gasteiger partial charge >= 0.3 is 0 Å². The molecule has 3 heterocycles.